The molecule has 0 spiro atoms. The van der Waals surface area contributed by atoms with E-state index in [0.29, 0.717) is 12.5 Å². The first kappa shape index (κ1) is 15.9. The van der Waals surface area contributed by atoms with Crippen molar-refractivity contribution in [1.29, 1.82) is 0 Å². The summed E-state index contributed by atoms with van der Waals surface area (Å²) < 4.78 is 5.17. The molecule has 1 atom stereocenters. The summed E-state index contributed by atoms with van der Waals surface area (Å²) in [6.07, 6.45) is 1.36. The molecule has 0 aliphatic rings. The Morgan fingerprint density at radius 2 is 2.19 bits per heavy atom. The molecule has 0 aliphatic heterocycles. The number of thiazole rings is 1. The van der Waals surface area contributed by atoms with Crippen LogP contribution in [0, 0.1) is 0 Å². The van der Waals surface area contributed by atoms with Gasteiger partial charge in [0.2, 0.25) is 0 Å². The summed E-state index contributed by atoms with van der Waals surface area (Å²) >= 11 is 1.72. The number of rotatable bonds is 7. The fourth-order valence-electron chi connectivity index (χ4n) is 1.97. The molecule has 0 amide bonds. The minimum atomic E-state index is -0.544. The number of nitrogens with zero attached hydrogens (tertiary/aromatic N) is 1. The number of ether oxygens (including phenoxy) is 1. The maximum absolute atomic E-state index is 10.2. The summed E-state index contributed by atoms with van der Waals surface area (Å²) in [7, 11) is 1.62. The van der Waals surface area contributed by atoms with Gasteiger partial charge in [-0.15, -0.1) is 11.3 Å². The Hall–Kier alpha value is -1.43. The molecule has 2 rings (SSSR count). The first-order valence-corrected chi connectivity index (χ1v) is 7.89. The molecule has 4 nitrogen and oxygen atoms in total. The maximum Gasteiger partial charge on any atom is 0.119 e. The zero-order chi connectivity index (χ0) is 15.2. The first-order valence-electron chi connectivity index (χ1n) is 7.07. The van der Waals surface area contributed by atoms with Crippen LogP contribution in [0.2, 0.25) is 0 Å². The first-order chi connectivity index (χ1) is 10.1. The molecule has 2 N–H and O–H groups in total. The summed E-state index contributed by atoms with van der Waals surface area (Å²) in [4.78, 5) is 5.59. The largest absolute Gasteiger partial charge is 0.497 e. The number of hydrogen-bond acceptors (Lipinski definition) is 5. The summed E-state index contributed by atoms with van der Waals surface area (Å²) in [5.74, 6) is 1.22. The van der Waals surface area contributed by atoms with Gasteiger partial charge < -0.3 is 15.2 Å². The molecule has 0 saturated heterocycles. The number of methoxy groups -OCH3 is 1. The van der Waals surface area contributed by atoms with Crippen molar-refractivity contribution in [3.63, 3.8) is 0 Å². The number of aliphatic hydroxyl groups excluding tert-OH is 1. The van der Waals surface area contributed by atoms with E-state index in [1.165, 1.54) is 4.88 Å². The van der Waals surface area contributed by atoms with Crippen molar-refractivity contribution in [2.24, 2.45) is 0 Å². The lowest BCUT2D eigenvalue weighted by Crippen LogP contribution is -2.20. The highest BCUT2D eigenvalue weighted by molar-refractivity contribution is 7.11. The number of benzene rings is 1. The van der Waals surface area contributed by atoms with Crippen molar-refractivity contribution in [3.8, 4) is 5.75 Å². The topological polar surface area (TPSA) is 54.4 Å². The lowest BCUT2D eigenvalue weighted by Gasteiger charge is -2.12. The van der Waals surface area contributed by atoms with Crippen molar-refractivity contribution >= 4 is 11.3 Å². The molecule has 21 heavy (non-hydrogen) atoms. The average Bonchev–Trinajstić information content (AvgIpc) is 2.96. The summed E-state index contributed by atoms with van der Waals surface area (Å²) in [5, 5.41) is 14.6. The van der Waals surface area contributed by atoms with Crippen molar-refractivity contribution in [1.82, 2.24) is 10.3 Å². The molecular weight excluding hydrogens is 284 g/mol. The van der Waals surface area contributed by atoms with Gasteiger partial charge in [-0.1, -0.05) is 26.0 Å². The van der Waals surface area contributed by atoms with E-state index in [1.807, 2.05) is 30.5 Å². The van der Waals surface area contributed by atoms with Crippen LogP contribution in [0.1, 0.15) is 41.3 Å². The van der Waals surface area contributed by atoms with Gasteiger partial charge in [0, 0.05) is 30.1 Å². The second-order valence-electron chi connectivity index (χ2n) is 5.24. The van der Waals surface area contributed by atoms with Gasteiger partial charge in [0.05, 0.1) is 18.2 Å². The van der Waals surface area contributed by atoms with Crippen LogP contribution < -0.4 is 10.1 Å². The Morgan fingerprint density at radius 3 is 2.86 bits per heavy atom. The SMILES string of the molecule is COc1cccc(C(O)CNCc2cnc(C(C)C)s2)c1. The van der Waals surface area contributed by atoms with Crippen molar-refractivity contribution in [2.75, 3.05) is 13.7 Å². The van der Waals surface area contributed by atoms with Gasteiger partial charge in [-0.05, 0) is 17.7 Å². The Balaban J connectivity index is 1.84. The fourth-order valence-corrected chi connectivity index (χ4v) is 2.86. The molecule has 0 saturated carbocycles. The Labute approximate surface area is 129 Å². The van der Waals surface area contributed by atoms with Crippen molar-refractivity contribution in [2.45, 2.75) is 32.4 Å². The monoisotopic (exact) mass is 306 g/mol. The van der Waals surface area contributed by atoms with E-state index in [1.54, 1.807) is 18.4 Å². The molecule has 0 aliphatic carbocycles. The molecule has 2 aromatic rings. The van der Waals surface area contributed by atoms with Gasteiger partial charge in [0.15, 0.2) is 0 Å². The van der Waals surface area contributed by atoms with Crippen LogP contribution >= 0.6 is 11.3 Å². The molecule has 1 heterocycles. The molecule has 5 heteroatoms. The van der Waals surface area contributed by atoms with Gasteiger partial charge in [-0.25, -0.2) is 4.98 Å². The van der Waals surface area contributed by atoms with Gasteiger partial charge in [-0.2, -0.15) is 0 Å². The summed E-state index contributed by atoms with van der Waals surface area (Å²) in [5.41, 5.74) is 0.856. The van der Waals surface area contributed by atoms with Crippen LogP contribution in [-0.4, -0.2) is 23.7 Å². The Bertz CT molecular complexity index is 569. The second kappa shape index (κ2) is 7.54. The molecule has 1 unspecified atom stereocenters. The van der Waals surface area contributed by atoms with E-state index >= 15 is 0 Å². The van der Waals surface area contributed by atoms with Gasteiger partial charge in [-0.3, -0.25) is 0 Å². The molecule has 0 bridgehead atoms. The van der Waals surface area contributed by atoms with Crippen molar-refractivity contribution < 1.29 is 9.84 Å². The quantitative estimate of drug-likeness (QED) is 0.825. The number of hydrogen-bond donors (Lipinski definition) is 2. The molecular formula is C16H22N2O2S. The van der Waals surface area contributed by atoms with Crippen LogP contribution in [0.4, 0.5) is 0 Å². The third-order valence-electron chi connectivity index (χ3n) is 3.18. The van der Waals surface area contributed by atoms with E-state index < -0.39 is 6.10 Å². The highest BCUT2D eigenvalue weighted by atomic mass is 32.1. The lowest BCUT2D eigenvalue weighted by atomic mass is 10.1. The Morgan fingerprint density at radius 1 is 1.38 bits per heavy atom. The number of aliphatic hydroxyl groups is 1. The van der Waals surface area contributed by atoms with Crippen LogP contribution in [0.3, 0.4) is 0 Å². The smallest absolute Gasteiger partial charge is 0.119 e. The Kier molecular flexibility index (Phi) is 5.73. The number of aromatic nitrogens is 1. The molecule has 0 radical (unpaired) electrons. The zero-order valence-corrected chi connectivity index (χ0v) is 13.5. The molecule has 1 aromatic carbocycles. The van der Waals surface area contributed by atoms with Crippen LogP contribution in [0.15, 0.2) is 30.5 Å². The minimum absolute atomic E-state index is 0.464. The van der Waals surface area contributed by atoms with Gasteiger partial charge in [0.1, 0.15) is 5.75 Å². The highest BCUT2D eigenvalue weighted by Crippen LogP contribution is 2.21. The van der Waals surface area contributed by atoms with E-state index in [9.17, 15) is 5.11 Å². The predicted octanol–water partition coefficient (Wildman–Crippen LogP) is 3.10. The average molecular weight is 306 g/mol. The highest BCUT2D eigenvalue weighted by Gasteiger charge is 2.09. The normalized spacial score (nSPS) is 12.6. The summed E-state index contributed by atoms with van der Waals surface area (Å²) in [6, 6.07) is 7.51. The van der Waals surface area contributed by atoms with Gasteiger partial charge >= 0.3 is 0 Å². The van der Waals surface area contributed by atoms with E-state index in [0.717, 1.165) is 22.9 Å². The van der Waals surface area contributed by atoms with Crippen LogP contribution in [-0.2, 0) is 6.54 Å². The zero-order valence-electron chi connectivity index (χ0n) is 12.7. The van der Waals surface area contributed by atoms with Crippen LogP contribution in [0.5, 0.6) is 5.75 Å². The standard InChI is InChI=1S/C16H22N2O2S/c1-11(2)16-18-9-14(21-16)8-17-10-15(19)12-5-4-6-13(7-12)20-3/h4-7,9,11,15,17,19H,8,10H2,1-3H3. The van der Waals surface area contributed by atoms with E-state index in [2.05, 4.69) is 24.1 Å². The third-order valence-corrected chi connectivity index (χ3v) is 4.48. The van der Waals surface area contributed by atoms with E-state index in [4.69, 9.17) is 4.74 Å². The van der Waals surface area contributed by atoms with Crippen LogP contribution in [0.25, 0.3) is 0 Å². The third kappa shape index (κ3) is 4.52. The predicted molar refractivity (Wildman–Crippen MR) is 85.9 cm³/mol. The lowest BCUT2D eigenvalue weighted by molar-refractivity contribution is 0.174. The maximum atomic E-state index is 10.2. The van der Waals surface area contributed by atoms with Crippen molar-refractivity contribution in [3.05, 3.63) is 45.9 Å². The van der Waals surface area contributed by atoms with Gasteiger partial charge in [0.25, 0.3) is 0 Å². The summed E-state index contributed by atoms with van der Waals surface area (Å²) in [6.45, 7) is 5.51. The second-order valence-corrected chi connectivity index (χ2v) is 6.39. The number of nitrogens with one attached hydrogen (secondary N) is 1. The molecule has 114 valence electrons. The minimum Gasteiger partial charge on any atom is -0.497 e. The fraction of sp³-hybridized carbons (Fsp3) is 0.438. The van der Waals surface area contributed by atoms with E-state index in [-0.39, 0.29) is 0 Å². The molecule has 1 aromatic heterocycles. The molecule has 0 fully saturated rings.